The summed E-state index contributed by atoms with van der Waals surface area (Å²) in [7, 11) is 0.792. The van der Waals surface area contributed by atoms with Crippen molar-refractivity contribution in [1.82, 2.24) is 24.6 Å². The Kier molecular flexibility index (Phi) is 5.95. The number of nitrogens with zero attached hydrogens (tertiary/aromatic N) is 6. The van der Waals surface area contributed by atoms with Crippen LogP contribution in [0.2, 0.25) is 0 Å². The van der Waals surface area contributed by atoms with Crippen LogP contribution in [0, 0.1) is 0 Å². The minimum atomic E-state index is -3.19. The average molecular weight is 520 g/mol. The van der Waals surface area contributed by atoms with Crippen LogP contribution in [-0.2, 0) is 16.9 Å². The molecule has 6 rings (SSSR count). The Labute approximate surface area is 217 Å². The molecule has 4 heterocycles. The standard InChI is InChI=1S/C27H33N7O2S/c1-28-19-16-21(17-19)34-18-24(25-10-11-31(2)30-25)23-8-9-26(29-27(23)34)33-14-12-32(13-15-33)20-4-6-22(7-5-20)37(3,35)36/h4-11,18-19,21,28H,12-17H2,1-3H3/t19-,21-. The first-order chi connectivity index (χ1) is 17.8. The van der Waals surface area contributed by atoms with Gasteiger partial charge in [0.2, 0.25) is 0 Å². The molecule has 1 aromatic carbocycles. The molecule has 9 nitrogen and oxygen atoms in total. The fourth-order valence-electron chi connectivity index (χ4n) is 5.48. The molecule has 0 amide bonds. The van der Waals surface area contributed by atoms with Gasteiger partial charge in [0.05, 0.1) is 10.6 Å². The van der Waals surface area contributed by atoms with Crippen LogP contribution in [0.4, 0.5) is 11.5 Å². The first-order valence-corrected chi connectivity index (χ1v) is 14.7. The van der Waals surface area contributed by atoms with E-state index in [4.69, 9.17) is 4.98 Å². The molecule has 37 heavy (non-hydrogen) atoms. The number of sulfone groups is 1. The van der Waals surface area contributed by atoms with Crippen molar-refractivity contribution in [2.45, 2.75) is 29.8 Å². The summed E-state index contributed by atoms with van der Waals surface area (Å²) in [6, 6.07) is 14.6. The van der Waals surface area contributed by atoms with Crippen molar-refractivity contribution in [3.8, 4) is 11.3 Å². The number of rotatable bonds is 6. The first kappa shape index (κ1) is 24.0. The highest BCUT2D eigenvalue weighted by Crippen LogP contribution is 2.39. The molecule has 0 spiro atoms. The van der Waals surface area contributed by atoms with Crippen LogP contribution in [0.25, 0.3) is 22.3 Å². The van der Waals surface area contributed by atoms with Crippen LogP contribution in [-0.4, -0.2) is 73.3 Å². The van der Waals surface area contributed by atoms with E-state index in [0.717, 1.165) is 72.8 Å². The van der Waals surface area contributed by atoms with Gasteiger partial charge < -0.3 is 19.7 Å². The van der Waals surface area contributed by atoms with E-state index < -0.39 is 9.84 Å². The average Bonchev–Trinajstić information content (AvgIpc) is 3.46. The lowest BCUT2D eigenvalue weighted by atomic mass is 9.87. The third-order valence-electron chi connectivity index (χ3n) is 7.80. The summed E-state index contributed by atoms with van der Waals surface area (Å²) in [5, 5.41) is 9.19. The Morgan fingerprint density at radius 3 is 2.27 bits per heavy atom. The Bertz CT molecular complexity index is 1530. The third kappa shape index (κ3) is 4.48. The molecular weight excluding hydrogens is 486 g/mol. The number of aromatic nitrogens is 4. The lowest BCUT2D eigenvalue weighted by molar-refractivity contribution is 0.240. The van der Waals surface area contributed by atoms with Crippen LogP contribution in [0.5, 0.6) is 0 Å². The van der Waals surface area contributed by atoms with Gasteiger partial charge in [0.25, 0.3) is 0 Å². The summed E-state index contributed by atoms with van der Waals surface area (Å²) in [5.41, 5.74) is 4.18. The summed E-state index contributed by atoms with van der Waals surface area (Å²) in [5.74, 6) is 0.996. The molecule has 0 bridgehead atoms. The van der Waals surface area contributed by atoms with E-state index in [-0.39, 0.29) is 0 Å². The minimum absolute atomic E-state index is 0.355. The van der Waals surface area contributed by atoms with Gasteiger partial charge in [-0.1, -0.05) is 0 Å². The second-order valence-electron chi connectivity index (χ2n) is 10.2. The molecule has 194 valence electrons. The third-order valence-corrected chi connectivity index (χ3v) is 8.93. The Hall–Kier alpha value is -3.37. The number of fused-ring (bicyclic) bond motifs is 1. The van der Waals surface area contributed by atoms with E-state index in [9.17, 15) is 8.42 Å². The number of hydrogen-bond donors (Lipinski definition) is 1. The minimum Gasteiger partial charge on any atom is -0.368 e. The van der Waals surface area contributed by atoms with Gasteiger partial charge in [-0.3, -0.25) is 4.68 Å². The molecular formula is C27H33N7O2S. The zero-order valence-corrected chi connectivity index (χ0v) is 22.3. The normalized spacial score (nSPS) is 20.4. The molecule has 1 saturated heterocycles. The van der Waals surface area contributed by atoms with E-state index in [1.807, 2.05) is 37.1 Å². The molecule has 0 unspecified atom stereocenters. The summed E-state index contributed by atoms with van der Waals surface area (Å²) in [4.78, 5) is 10.2. The Morgan fingerprint density at radius 2 is 1.65 bits per heavy atom. The largest absolute Gasteiger partial charge is 0.368 e. The number of nitrogens with one attached hydrogen (secondary N) is 1. The molecule has 1 aliphatic heterocycles. The summed E-state index contributed by atoms with van der Waals surface area (Å²) in [6.45, 7) is 3.41. The van der Waals surface area contributed by atoms with Crippen molar-refractivity contribution >= 4 is 32.4 Å². The lowest BCUT2D eigenvalue weighted by Crippen LogP contribution is -2.46. The first-order valence-electron chi connectivity index (χ1n) is 12.8. The van der Waals surface area contributed by atoms with Gasteiger partial charge in [0.15, 0.2) is 9.84 Å². The molecule has 2 fully saturated rings. The second-order valence-corrected chi connectivity index (χ2v) is 12.2. The Morgan fingerprint density at radius 1 is 0.946 bits per heavy atom. The zero-order valence-electron chi connectivity index (χ0n) is 21.5. The van der Waals surface area contributed by atoms with E-state index in [2.05, 4.69) is 49.2 Å². The van der Waals surface area contributed by atoms with Crippen LogP contribution in [0.15, 0.2) is 59.8 Å². The van der Waals surface area contributed by atoms with Crippen molar-refractivity contribution in [2.75, 3.05) is 49.3 Å². The number of aryl methyl sites for hydroxylation is 1. The van der Waals surface area contributed by atoms with Crippen molar-refractivity contribution in [3.05, 3.63) is 54.9 Å². The van der Waals surface area contributed by atoms with E-state index in [0.29, 0.717) is 17.0 Å². The van der Waals surface area contributed by atoms with Crippen molar-refractivity contribution in [1.29, 1.82) is 0 Å². The van der Waals surface area contributed by atoms with Crippen molar-refractivity contribution < 1.29 is 8.42 Å². The van der Waals surface area contributed by atoms with Gasteiger partial charge in [-0.25, -0.2) is 13.4 Å². The fraction of sp³-hybridized carbons (Fsp3) is 0.407. The van der Waals surface area contributed by atoms with E-state index >= 15 is 0 Å². The molecule has 0 atom stereocenters. The Balaban J connectivity index is 1.25. The maximum Gasteiger partial charge on any atom is 0.175 e. The SMILES string of the molecule is CN[C@H]1C[C@H](n2cc(-c3ccn(C)n3)c3ccc(N4CCN(c5ccc(S(C)(=O)=O)cc5)CC4)nc32)C1. The van der Waals surface area contributed by atoms with Crippen molar-refractivity contribution in [3.63, 3.8) is 0 Å². The van der Waals surface area contributed by atoms with Crippen LogP contribution in [0.1, 0.15) is 18.9 Å². The van der Waals surface area contributed by atoms with E-state index in [1.54, 1.807) is 12.1 Å². The molecule has 4 aromatic rings. The number of benzene rings is 1. The highest BCUT2D eigenvalue weighted by molar-refractivity contribution is 7.90. The van der Waals surface area contributed by atoms with Gasteiger partial charge in [0.1, 0.15) is 11.5 Å². The van der Waals surface area contributed by atoms with Crippen LogP contribution < -0.4 is 15.1 Å². The summed E-state index contributed by atoms with van der Waals surface area (Å²) in [6.07, 6.45) is 7.66. The van der Waals surface area contributed by atoms with E-state index in [1.165, 1.54) is 6.26 Å². The maximum atomic E-state index is 11.8. The fourth-order valence-corrected chi connectivity index (χ4v) is 6.11. The molecule has 3 aromatic heterocycles. The molecule has 0 radical (unpaired) electrons. The maximum absolute atomic E-state index is 11.8. The summed E-state index contributed by atoms with van der Waals surface area (Å²) < 4.78 is 27.8. The smallest absolute Gasteiger partial charge is 0.175 e. The van der Waals surface area contributed by atoms with Crippen LogP contribution >= 0.6 is 0 Å². The molecule has 1 saturated carbocycles. The number of pyridine rings is 1. The summed E-state index contributed by atoms with van der Waals surface area (Å²) >= 11 is 0. The highest BCUT2D eigenvalue weighted by atomic mass is 32.2. The predicted molar refractivity (Wildman–Crippen MR) is 147 cm³/mol. The monoisotopic (exact) mass is 519 g/mol. The van der Waals surface area contributed by atoms with Gasteiger partial charge in [-0.05, 0) is 62.4 Å². The van der Waals surface area contributed by atoms with Crippen LogP contribution in [0.3, 0.4) is 0 Å². The highest BCUT2D eigenvalue weighted by Gasteiger charge is 2.31. The second kappa shape index (κ2) is 9.18. The van der Waals surface area contributed by atoms with Gasteiger partial charge in [0, 0.05) is 80.6 Å². The number of hydrogen-bond acceptors (Lipinski definition) is 7. The topological polar surface area (TPSA) is 88.3 Å². The number of anilines is 2. The predicted octanol–water partition coefficient (Wildman–Crippen LogP) is 3.09. The molecule has 1 aliphatic carbocycles. The zero-order chi connectivity index (χ0) is 25.7. The van der Waals surface area contributed by atoms with Crippen molar-refractivity contribution in [2.24, 2.45) is 7.05 Å². The van der Waals surface area contributed by atoms with Gasteiger partial charge >= 0.3 is 0 Å². The molecule has 10 heteroatoms. The number of piperazine rings is 1. The lowest BCUT2D eigenvalue weighted by Gasteiger charge is -2.37. The van der Waals surface area contributed by atoms with Gasteiger partial charge in [-0.15, -0.1) is 0 Å². The van der Waals surface area contributed by atoms with Gasteiger partial charge in [-0.2, -0.15) is 5.10 Å². The quantitative estimate of drug-likeness (QED) is 0.419. The molecule has 2 aliphatic rings. The molecule has 1 N–H and O–H groups in total.